The van der Waals surface area contributed by atoms with Crippen molar-refractivity contribution in [2.45, 2.75) is 19.0 Å². The largest absolute Gasteiger partial charge is 0.496 e. The molecule has 2 aromatic rings. The molecular formula is C17H19ClF3NO. The van der Waals surface area contributed by atoms with E-state index in [4.69, 9.17) is 10.5 Å². The maximum atomic E-state index is 12.6. The summed E-state index contributed by atoms with van der Waals surface area (Å²) in [5.74, 6) is 0.831. The number of hydrogen-bond acceptors (Lipinski definition) is 2. The van der Waals surface area contributed by atoms with Crippen molar-refractivity contribution in [3.05, 3.63) is 53.6 Å². The molecule has 23 heavy (non-hydrogen) atoms. The highest BCUT2D eigenvalue weighted by Crippen LogP contribution is 2.34. The number of rotatable bonds is 4. The Hall–Kier alpha value is -1.72. The molecule has 2 N–H and O–H groups in total. The highest BCUT2D eigenvalue weighted by atomic mass is 35.5. The molecule has 0 aliphatic heterocycles. The molecule has 0 saturated heterocycles. The van der Waals surface area contributed by atoms with Crippen molar-refractivity contribution in [2.24, 2.45) is 5.73 Å². The van der Waals surface area contributed by atoms with E-state index in [2.05, 4.69) is 0 Å². The molecule has 0 heterocycles. The van der Waals surface area contributed by atoms with Crippen molar-refractivity contribution in [3.8, 4) is 16.9 Å². The van der Waals surface area contributed by atoms with Crippen molar-refractivity contribution < 1.29 is 17.9 Å². The van der Waals surface area contributed by atoms with Gasteiger partial charge in [-0.1, -0.05) is 25.1 Å². The summed E-state index contributed by atoms with van der Waals surface area (Å²) in [7, 11) is 1.58. The van der Waals surface area contributed by atoms with E-state index in [1.54, 1.807) is 7.11 Å². The van der Waals surface area contributed by atoms with Crippen LogP contribution in [0.3, 0.4) is 0 Å². The molecule has 0 amide bonds. The third kappa shape index (κ3) is 4.39. The van der Waals surface area contributed by atoms with E-state index in [1.165, 1.54) is 12.1 Å². The van der Waals surface area contributed by atoms with E-state index in [0.29, 0.717) is 6.54 Å². The Balaban J connectivity index is 0.00000264. The van der Waals surface area contributed by atoms with Gasteiger partial charge in [0.1, 0.15) is 5.75 Å². The third-order valence-corrected chi connectivity index (χ3v) is 3.66. The van der Waals surface area contributed by atoms with Crippen molar-refractivity contribution in [1.82, 2.24) is 0 Å². The Labute approximate surface area is 139 Å². The fourth-order valence-corrected chi connectivity index (χ4v) is 2.28. The number of hydrogen-bond donors (Lipinski definition) is 1. The Morgan fingerprint density at radius 3 is 2.09 bits per heavy atom. The smallest absolute Gasteiger partial charge is 0.416 e. The zero-order valence-electron chi connectivity index (χ0n) is 12.9. The normalized spacial score (nSPS) is 12.4. The minimum absolute atomic E-state index is 0. The van der Waals surface area contributed by atoms with E-state index in [-0.39, 0.29) is 18.3 Å². The van der Waals surface area contributed by atoms with Gasteiger partial charge in [0.2, 0.25) is 0 Å². The van der Waals surface area contributed by atoms with E-state index < -0.39 is 11.7 Å². The number of halogens is 4. The second-order valence-corrected chi connectivity index (χ2v) is 5.17. The fraction of sp³-hybridized carbons (Fsp3) is 0.294. The van der Waals surface area contributed by atoms with Crippen LogP contribution in [0.1, 0.15) is 24.0 Å². The lowest BCUT2D eigenvalue weighted by Crippen LogP contribution is -2.10. The Morgan fingerprint density at radius 1 is 1.04 bits per heavy atom. The van der Waals surface area contributed by atoms with Crippen molar-refractivity contribution in [3.63, 3.8) is 0 Å². The number of nitrogens with two attached hydrogens (primary N) is 1. The number of alkyl halides is 3. The van der Waals surface area contributed by atoms with Gasteiger partial charge in [0.05, 0.1) is 12.7 Å². The summed E-state index contributed by atoms with van der Waals surface area (Å²) in [6.07, 6.45) is -4.32. The second-order valence-electron chi connectivity index (χ2n) is 5.17. The number of benzene rings is 2. The minimum Gasteiger partial charge on any atom is -0.496 e. The molecule has 0 aliphatic rings. The van der Waals surface area contributed by atoms with Crippen LogP contribution in [0, 0.1) is 0 Å². The van der Waals surface area contributed by atoms with Gasteiger partial charge in [-0.05, 0) is 53.4 Å². The van der Waals surface area contributed by atoms with Crippen molar-refractivity contribution >= 4 is 12.4 Å². The summed E-state index contributed by atoms with van der Waals surface area (Å²) < 4.78 is 43.1. The Bertz CT molecular complexity index is 641. The molecule has 1 atom stereocenters. The average Bonchev–Trinajstić information content (AvgIpc) is 2.52. The average molecular weight is 346 g/mol. The van der Waals surface area contributed by atoms with Gasteiger partial charge >= 0.3 is 6.18 Å². The van der Waals surface area contributed by atoms with Gasteiger partial charge in [-0.3, -0.25) is 0 Å². The molecule has 2 nitrogen and oxygen atoms in total. The van der Waals surface area contributed by atoms with E-state index in [1.807, 2.05) is 25.1 Å². The minimum atomic E-state index is -4.32. The molecule has 0 fully saturated rings. The van der Waals surface area contributed by atoms with Gasteiger partial charge in [0, 0.05) is 0 Å². The van der Waals surface area contributed by atoms with Gasteiger partial charge in [-0.15, -0.1) is 12.4 Å². The summed E-state index contributed by atoms with van der Waals surface area (Å²) >= 11 is 0. The monoisotopic (exact) mass is 345 g/mol. The molecule has 0 saturated carbocycles. The van der Waals surface area contributed by atoms with Crippen LogP contribution in [0.4, 0.5) is 13.2 Å². The Morgan fingerprint density at radius 2 is 1.61 bits per heavy atom. The van der Waals surface area contributed by atoms with E-state index in [9.17, 15) is 13.2 Å². The predicted molar refractivity (Wildman–Crippen MR) is 88.1 cm³/mol. The van der Waals surface area contributed by atoms with Crippen molar-refractivity contribution in [1.29, 1.82) is 0 Å². The van der Waals surface area contributed by atoms with Crippen LogP contribution in [-0.4, -0.2) is 13.7 Å². The zero-order valence-corrected chi connectivity index (χ0v) is 13.7. The third-order valence-electron chi connectivity index (χ3n) is 3.66. The first-order valence-electron chi connectivity index (χ1n) is 6.92. The topological polar surface area (TPSA) is 35.2 Å². The predicted octanol–water partition coefficient (Wildman–Crippen LogP) is 4.87. The van der Waals surface area contributed by atoms with Crippen LogP contribution < -0.4 is 10.5 Å². The van der Waals surface area contributed by atoms with Crippen LogP contribution in [0.25, 0.3) is 11.1 Å². The van der Waals surface area contributed by atoms with Gasteiger partial charge in [-0.2, -0.15) is 13.2 Å². The molecule has 2 aromatic carbocycles. The summed E-state index contributed by atoms with van der Waals surface area (Å²) in [6.45, 7) is 2.45. The standard InChI is InChI=1S/C17H18F3NO.ClH/c1-11(10-21)15-9-13(5-8-16(15)22-2)12-3-6-14(7-4-12)17(18,19)20;/h3-9,11H,10,21H2,1-2H3;1H. The van der Waals surface area contributed by atoms with Gasteiger partial charge in [-0.25, -0.2) is 0 Å². The van der Waals surface area contributed by atoms with Gasteiger partial charge in [0.25, 0.3) is 0 Å². The number of ether oxygens (including phenoxy) is 1. The maximum absolute atomic E-state index is 12.6. The molecule has 0 aliphatic carbocycles. The van der Waals surface area contributed by atoms with Crippen molar-refractivity contribution in [2.75, 3.05) is 13.7 Å². The van der Waals surface area contributed by atoms with Crippen LogP contribution >= 0.6 is 12.4 Å². The van der Waals surface area contributed by atoms with Crippen LogP contribution in [0.2, 0.25) is 0 Å². The first-order valence-corrected chi connectivity index (χ1v) is 6.92. The summed E-state index contributed by atoms with van der Waals surface area (Å²) in [5.41, 5.74) is 7.56. The lowest BCUT2D eigenvalue weighted by atomic mass is 9.95. The quantitative estimate of drug-likeness (QED) is 0.858. The molecule has 2 rings (SSSR count). The highest BCUT2D eigenvalue weighted by molar-refractivity contribution is 5.85. The molecular weight excluding hydrogens is 327 g/mol. The molecule has 6 heteroatoms. The SMILES string of the molecule is COc1ccc(-c2ccc(C(F)(F)F)cc2)cc1C(C)CN.Cl. The molecule has 0 spiro atoms. The lowest BCUT2D eigenvalue weighted by molar-refractivity contribution is -0.137. The van der Waals surface area contributed by atoms with Crippen LogP contribution in [0.5, 0.6) is 5.75 Å². The maximum Gasteiger partial charge on any atom is 0.416 e. The molecule has 0 bridgehead atoms. The summed E-state index contributed by atoms with van der Waals surface area (Å²) in [6, 6.07) is 10.7. The molecule has 126 valence electrons. The van der Waals surface area contributed by atoms with Crippen LogP contribution in [0.15, 0.2) is 42.5 Å². The first kappa shape index (κ1) is 19.3. The lowest BCUT2D eigenvalue weighted by Gasteiger charge is -2.16. The second kappa shape index (κ2) is 7.70. The van der Waals surface area contributed by atoms with E-state index >= 15 is 0 Å². The van der Waals surface area contributed by atoms with Gasteiger partial charge in [0.15, 0.2) is 0 Å². The summed E-state index contributed by atoms with van der Waals surface area (Å²) in [5, 5.41) is 0. The molecule has 0 radical (unpaired) electrons. The zero-order chi connectivity index (χ0) is 16.3. The van der Waals surface area contributed by atoms with Crippen LogP contribution in [-0.2, 0) is 6.18 Å². The van der Waals surface area contributed by atoms with E-state index in [0.717, 1.165) is 34.6 Å². The molecule has 1 unspecified atom stereocenters. The fourth-order valence-electron chi connectivity index (χ4n) is 2.28. The summed E-state index contributed by atoms with van der Waals surface area (Å²) in [4.78, 5) is 0. The first-order chi connectivity index (χ1) is 10.4. The molecule has 0 aromatic heterocycles. The highest BCUT2D eigenvalue weighted by Gasteiger charge is 2.30. The Kier molecular flexibility index (Phi) is 6.47. The number of methoxy groups -OCH3 is 1. The van der Waals surface area contributed by atoms with Gasteiger partial charge < -0.3 is 10.5 Å².